The van der Waals surface area contributed by atoms with Crippen LogP contribution in [0.15, 0.2) is 34.8 Å². The predicted octanol–water partition coefficient (Wildman–Crippen LogP) is 3.01. The van der Waals surface area contributed by atoms with Gasteiger partial charge in [0.25, 0.3) is 0 Å². The van der Waals surface area contributed by atoms with Crippen molar-refractivity contribution in [3.05, 3.63) is 35.2 Å². The summed E-state index contributed by atoms with van der Waals surface area (Å²) in [4.78, 5) is 16.8. The minimum Gasteiger partial charge on any atom is -0.376 e. The average molecular weight is 417 g/mol. The molecule has 2 aromatic heterocycles. The molecule has 28 heavy (non-hydrogen) atoms. The Morgan fingerprint density at radius 2 is 2.25 bits per heavy atom. The van der Waals surface area contributed by atoms with Gasteiger partial charge in [0, 0.05) is 17.6 Å². The molecular weight excluding hydrogens is 396 g/mol. The Balaban J connectivity index is 1.30. The summed E-state index contributed by atoms with van der Waals surface area (Å²) in [6.07, 6.45) is 2.22. The molecule has 1 saturated heterocycles. The van der Waals surface area contributed by atoms with Crippen molar-refractivity contribution in [1.82, 2.24) is 25.2 Å². The molecular formula is C18H20N6O2S2. The van der Waals surface area contributed by atoms with E-state index in [-0.39, 0.29) is 17.8 Å². The van der Waals surface area contributed by atoms with Crippen molar-refractivity contribution in [3.63, 3.8) is 0 Å². The van der Waals surface area contributed by atoms with E-state index in [9.17, 15) is 4.79 Å². The average Bonchev–Trinajstić information content (AvgIpc) is 3.44. The van der Waals surface area contributed by atoms with Crippen molar-refractivity contribution in [3.8, 4) is 11.3 Å². The first kappa shape index (κ1) is 19.0. The lowest BCUT2D eigenvalue weighted by Gasteiger charge is -2.09. The Hall–Kier alpha value is -2.30. The topological polar surface area (TPSA) is 94.8 Å². The number of hydrogen-bond donors (Lipinski definition) is 1. The number of anilines is 1. The second-order valence-electron chi connectivity index (χ2n) is 6.52. The van der Waals surface area contributed by atoms with Gasteiger partial charge in [0.2, 0.25) is 11.1 Å². The molecule has 4 rings (SSSR count). The molecule has 0 radical (unpaired) electrons. The van der Waals surface area contributed by atoms with Gasteiger partial charge in [-0.25, -0.2) is 9.67 Å². The maximum absolute atomic E-state index is 12.3. The number of nitrogens with one attached hydrogen (secondary N) is 1. The van der Waals surface area contributed by atoms with Crippen LogP contribution in [0.4, 0.5) is 5.13 Å². The Bertz CT molecular complexity index is 934. The van der Waals surface area contributed by atoms with Gasteiger partial charge >= 0.3 is 0 Å². The number of hydrogen-bond acceptors (Lipinski definition) is 8. The van der Waals surface area contributed by atoms with Crippen LogP contribution in [-0.4, -0.2) is 49.6 Å². The number of nitrogens with zero attached hydrogens (tertiary/aromatic N) is 5. The lowest BCUT2D eigenvalue weighted by Crippen LogP contribution is -2.18. The van der Waals surface area contributed by atoms with E-state index < -0.39 is 0 Å². The third-order valence-corrected chi connectivity index (χ3v) is 6.04. The minimum atomic E-state index is -0.138. The quantitative estimate of drug-likeness (QED) is 0.592. The van der Waals surface area contributed by atoms with Crippen LogP contribution in [-0.2, 0) is 16.1 Å². The lowest BCUT2D eigenvalue weighted by atomic mass is 10.1. The summed E-state index contributed by atoms with van der Waals surface area (Å²) >= 11 is 2.72. The van der Waals surface area contributed by atoms with Crippen molar-refractivity contribution < 1.29 is 9.53 Å². The molecule has 1 fully saturated rings. The number of thioether (sulfide) groups is 1. The van der Waals surface area contributed by atoms with Crippen LogP contribution in [0.1, 0.15) is 18.4 Å². The largest absolute Gasteiger partial charge is 0.376 e. The summed E-state index contributed by atoms with van der Waals surface area (Å²) in [6, 6.07) is 8.15. The van der Waals surface area contributed by atoms with Crippen molar-refractivity contribution in [2.24, 2.45) is 0 Å². The van der Waals surface area contributed by atoms with Crippen LogP contribution in [0.5, 0.6) is 0 Å². The fourth-order valence-electron chi connectivity index (χ4n) is 2.87. The van der Waals surface area contributed by atoms with E-state index in [0.29, 0.717) is 16.8 Å². The first-order valence-electron chi connectivity index (χ1n) is 9.00. The van der Waals surface area contributed by atoms with E-state index >= 15 is 0 Å². The molecule has 3 aromatic rings. The summed E-state index contributed by atoms with van der Waals surface area (Å²) in [5.41, 5.74) is 3.09. The minimum absolute atomic E-state index is 0.138. The molecule has 0 bridgehead atoms. The number of rotatable bonds is 7. The van der Waals surface area contributed by atoms with E-state index in [4.69, 9.17) is 4.74 Å². The highest BCUT2D eigenvalue weighted by Crippen LogP contribution is 2.25. The molecule has 8 nitrogen and oxygen atoms in total. The lowest BCUT2D eigenvalue weighted by molar-refractivity contribution is -0.113. The molecule has 146 valence electrons. The molecule has 1 N–H and O–H groups in total. The van der Waals surface area contributed by atoms with Gasteiger partial charge in [0.05, 0.1) is 24.1 Å². The first-order valence-corrected chi connectivity index (χ1v) is 10.9. The van der Waals surface area contributed by atoms with E-state index in [1.54, 1.807) is 4.68 Å². The summed E-state index contributed by atoms with van der Waals surface area (Å²) in [7, 11) is 0. The van der Waals surface area contributed by atoms with Gasteiger partial charge in [-0.05, 0) is 30.2 Å². The zero-order valence-electron chi connectivity index (χ0n) is 15.4. The molecule has 1 aliphatic heterocycles. The van der Waals surface area contributed by atoms with Crippen LogP contribution < -0.4 is 5.32 Å². The molecule has 1 aromatic carbocycles. The second kappa shape index (κ2) is 8.80. The number of ether oxygens (including phenoxy) is 1. The van der Waals surface area contributed by atoms with Crippen molar-refractivity contribution in [1.29, 1.82) is 0 Å². The molecule has 0 spiro atoms. The highest BCUT2D eigenvalue weighted by molar-refractivity contribution is 7.99. The van der Waals surface area contributed by atoms with Crippen LogP contribution in [0.3, 0.4) is 0 Å². The van der Waals surface area contributed by atoms with E-state index in [1.807, 2.05) is 36.6 Å². The van der Waals surface area contributed by atoms with Gasteiger partial charge < -0.3 is 10.1 Å². The van der Waals surface area contributed by atoms with Crippen LogP contribution in [0.2, 0.25) is 0 Å². The van der Waals surface area contributed by atoms with Gasteiger partial charge in [-0.15, -0.1) is 16.4 Å². The van der Waals surface area contributed by atoms with Gasteiger partial charge in [0.15, 0.2) is 5.13 Å². The van der Waals surface area contributed by atoms with Crippen molar-refractivity contribution >= 4 is 34.1 Å². The summed E-state index contributed by atoms with van der Waals surface area (Å²) in [6.45, 7) is 3.45. The normalized spacial score (nSPS) is 16.4. The van der Waals surface area contributed by atoms with Gasteiger partial charge in [-0.2, -0.15) is 0 Å². The molecule has 0 aliphatic carbocycles. The molecule has 1 amide bonds. The number of aromatic nitrogens is 5. The second-order valence-corrected chi connectivity index (χ2v) is 8.32. The number of amides is 1. The highest BCUT2D eigenvalue weighted by atomic mass is 32.2. The molecule has 10 heteroatoms. The zero-order valence-corrected chi connectivity index (χ0v) is 17.0. The summed E-state index contributed by atoms with van der Waals surface area (Å²) in [5.74, 6) is 0.0761. The number of aryl methyl sites for hydroxylation is 1. The Kier molecular flexibility index (Phi) is 5.98. The van der Waals surface area contributed by atoms with Crippen molar-refractivity contribution in [2.75, 3.05) is 17.7 Å². The number of tetrazole rings is 1. The van der Waals surface area contributed by atoms with Crippen LogP contribution in [0.25, 0.3) is 11.3 Å². The standard InChI is InChI=1S/C18H20N6O2S2/c1-12-4-6-13(7-5-12)15-10-27-17(19-15)20-16(25)11-28-18-21-22-23-24(18)9-14-3-2-8-26-14/h4-7,10,14H,2-3,8-9,11H2,1H3,(H,19,20,25)/t14-/m1/s1. The Morgan fingerprint density at radius 1 is 1.39 bits per heavy atom. The third kappa shape index (κ3) is 4.75. The fourth-order valence-corrected chi connectivity index (χ4v) is 4.29. The highest BCUT2D eigenvalue weighted by Gasteiger charge is 2.19. The van der Waals surface area contributed by atoms with E-state index in [0.717, 1.165) is 30.7 Å². The molecule has 0 saturated carbocycles. The fraction of sp³-hybridized carbons (Fsp3) is 0.389. The number of carbonyl (C=O) groups excluding carboxylic acids is 1. The molecule has 0 unspecified atom stereocenters. The number of carbonyl (C=O) groups is 1. The molecule has 3 heterocycles. The van der Waals surface area contributed by atoms with Gasteiger partial charge in [-0.1, -0.05) is 41.6 Å². The van der Waals surface area contributed by atoms with Crippen LogP contribution in [0, 0.1) is 6.92 Å². The van der Waals surface area contributed by atoms with Crippen molar-refractivity contribution in [2.45, 2.75) is 37.6 Å². The summed E-state index contributed by atoms with van der Waals surface area (Å²) in [5, 5.41) is 17.7. The molecule has 1 aliphatic rings. The SMILES string of the molecule is Cc1ccc(-c2csc(NC(=O)CSc3nnnn3C[C@H]3CCCO3)n2)cc1. The number of thiazole rings is 1. The Labute approximate surface area is 170 Å². The third-order valence-electron chi connectivity index (χ3n) is 4.33. The maximum atomic E-state index is 12.3. The number of benzene rings is 1. The van der Waals surface area contributed by atoms with E-state index in [1.165, 1.54) is 28.7 Å². The van der Waals surface area contributed by atoms with Gasteiger partial charge in [0.1, 0.15) is 0 Å². The summed E-state index contributed by atoms with van der Waals surface area (Å²) < 4.78 is 7.32. The molecule has 1 atom stereocenters. The van der Waals surface area contributed by atoms with E-state index in [2.05, 4.69) is 25.8 Å². The predicted molar refractivity (Wildman–Crippen MR) is 108 cm³/mol. The zero-order chi connectivity index (χ0) is 19.3. The van der Waals surface area contributed by atoms with Gasteiger partial charge in [-0.3, -0.25) is 4.79 Å². The van der Waals surface area contributed by atoms with Crippen LogP contribution >= 0.6 is 23.1 Å². The smallest absolute Gasteiger partial charge is 0.236 e. The first-order chi connectivity index (χ1) is 13.7. The monoisotopic (exact) mass is 416 g/mol. The maximum Gasteiger partial charge on any atom is 0.236 e. The Morgan fingerprint density at radius 3 is 3.04 bits per heavy atom.